The lowest BCUT2D eigenvalue weighted by atomic mass is 10.1. The molecule has 1 aromatic rings. The molecule has 8 heteroatoms. The summed E-state index contributed by atoms with van der Waals surface area (Å²) in [6.45, 7) is 3.01. The summed E-state index contributed by atoms with van der Waals surface area (Å²) < 4.78 is 4.97. The van der Waals surface area contributed by atoms with E-state index in [4.69, 9.17) is 4.74 Å². The van der Waals surface area contributed by atoms with Crippen molar-refractivity contribution in [2.45, 2.75) is 51.5 Å². The van der Waals surface area contributed by atoms with Gasteiger partial charge in [-0.3, -0.25) is 19.3 Å². The Morgan fingerprint density at radius 2 is 1.96 bits per heavy atom. The monoisotopic (exact) mass is 387 g/mol. The van der Waals surface area contributed by atoms with E-state index in [1.54, 1.807) is 13.8 Å². The van der Waals surface area contributed by atoms with Gasteiger partial charge in [0.25, 0.3) is 11.8 Å². The van der Waals surface area contributed by atoms with Crippen molar-refractivity contribution in [2.75, 3.05) is 18.5 Å². The van der Waals surface area contributed by atoms with Crippen LogP contribution in [0.3, 0.4) is 0 Å². The first kappa shape index (κ1) is 19.9. The van der Waals surface area contributed by atoms with Crippen molar-refractivity contribution in [3.8, 4) is 0 Å². The number of esters is 1. The molecular weight excluding hydrogens is 362 g/mol. The molecule has 1 saturated heterocycles. The zero-order valence-corrected chi connectivity index (χ0v) is 16.2. The van der Waals surface area contributed by atoms with Crippen molar-refractivity contribution in [3.05, 3.63) is 29.3 Å². The number of ether oxygens (including phenoxy) is 1. The molecule has 1 heterocycles. The number of hydrogen-bond acceptors (Lipinski definition) is 5. The average Bonchev–Trinajstić information content (AvgIpc) is 3.17. The number of fused-ring (bicyclic) bond motifs is 1. The minimum atomic E-state index is -0.923. The fraction of sp³-hybridized carbons (Fsp3) is 0.500. The van der Waals surface area contributed by atoms with Crippen molar-refractivity contribution in [1.82, 2.24) is 10.2 Å². The second kappa shape index (κ2) is 8.00. The minimum absolute atomic E-state index is 0.0175. The van der Waals surface area contributed by atoms with Crippen LogP contribution in [0.25, 0.3) is 0 Å². The molecule has 0 saturated carbocycles. The number of imide groups is 1. The van der Waals surface area contributed by atoms with Crippen molar-refractivity contribution in [3.63, 3.8) is 0 Å². The molecule has 0 radical (unpaired) electrons. The number of amides is 4. The van der Waals surface area contributed by atoms with Crippen LogP contribution in [0.15, 0.2) is 18.2 Å². The molecule has 4 amide bonds. The van der Waals surface area contributed by atoms with E-state index in [9.17, 15) is 19.2 Å². The molecule has 1 fully saturated rings. The van der Waals surface area contributed by atoms with Gasteiger partial charge < -0.3 is 15.4 Å². The number of carbonyl (C=O) groups excluding carboxylic acids is 4. The molecule has 2 N–H and O–H groups in total. The van der Waals surface area contributed by atoms with Crippen LogP contribution in [0.4, 0.5) is 10.5 Å². The number of nitrogens with one attached hydrogen (secondary N) is 2. The molecule has 3 rings (SSSR count). The van der Waals surface area contributed by atoms with E-state index in [1.165, 1.54) is 11.1 Å². The van der Waals surface area contributed by atoms with E-state index in [2.05, 4.69) is 10.6 Å². The number of aryl methyl sites for hydroxylation is 2. The van der Waals surface area contributed by atoms with E-state index in [0.29, 0.717) is 5.69 Å². The molecule has 8 nitrogen and oxygen atoms in total. The van der Waals surface area contributed by atoms with Crippen molar-refractivity contribution >= 4 is 29.5 Å². The zero-order chi connectivity index (χ0) is 20.3. The first-order chi connectivity index (χ1) is 13.3. The maximum absolute atomic E-state index is 12.0. The highest BCUT2D eigenvalue weighted by molar-refractivity contribution is 6.06. The van der Waals surface area contributed by atoms with Crippen LogP contribution in [0, 0.1) is 0 Å². The van der Waals surface area contributed by atoms with E-state index in [0.717, 1.165) is 24.2 Å². The van der Waals surface area contributed by atoms with Gasteiger partial charge in [0.15, 0.2) is 6.61 Å². The van der Waals surface area contributed by atoms with Crippen LogP contribution in [0.5, 0.6) is 0 Å². The van der Waals surface area contributed by atoms with Crippen LogP contribution in [-0.4, -0.2) is 47.4 Å². The number of anilines is 1. The fourth-order valence-electron chi connectivity index (χ4n) is 3.47. The van der Waals surface area contributed by atoms with Gasteiger partial charge in [0.1, 0.15) is 5.54 Å². The number of carbonyl (C=O) groups is 4. The van der Waals surface area contributed by atoms with Gasteiger partial charge in [-0.1, -0.05) is 6.07 Å². The third kappa shape index (κ3) is 4.49. The third-order valence-corrected chi connectivity index (χ3v) is 4.95. The van der Waals surface area contributed by atoms with Gasteiger partial charge >= 0.3 is 12.0 Å². The van der Waals surface area contributed by atoms with Crippen LogP contribution < -0.4 is 10.6 Å². The highest BCUT2D eigenvalue weighted by atomic mass is 16.5. The maximum atomic E-state index is 12.0. The second-order valence-corrected chi connectivity index (χ2v) is 7.66. The summed E-state index contributed by atoms with van der Waals surface area (Å²) in [5.41, 5.74) is 2.34. The number of benzene rings is 1. The topological polar surface area (TPSA) is 105 Å². The Balaban J connectivity index is 1.37. The summed E-state index contributed by atoms with van der Waals surface area (Å²) in [6.07, 6.45) is 3.52. The number of rotatable bonds is 7. The van der Waals surface area contributed by atoms with Gasteiger partial charge in [0, 0.05) is 18.7 Å². The molecule has 0 atom stereocenters. The van der Waals surface area contributed by atoms with Gasteiger partial charge in [-0.25, -0.2) is 4.79 Å². The quantitative estimate of drug-likeness (QED) is 0.548. The van der Waals surface area contributed by atoms with E-state index in [1.807, 2.05) is 18.2 Å². The molecule has 28 heavy (non-hydrogen) atoms. The highest BCUT2D eigenvalue weighted by Crippen LogP contribution is 2.24. The zero-order valence-electron chi connectivity index (χ0n) is 16.2. The molecule has 150 valence electrons. The van der Waals surface area contributed by atoms with Crippen molar-refractivity contribution in [2.24, 2.45) is 0 Å². The average molecular weight is 387 g/mol. The molecule has 2 aliphatic rings. The summed E-state index contributed by atoms with van der Waals surface area (Å²) >= 11 is 0. The fourth-order valence-corrected chi connectivity index (χ4v) is 3.47. The third-order valence-electron chi connectivity index (χ3n) is 4.95. The summed E-state index contributed by atoms with van der Waals surface area (Å²) in [5, 5.41) is 5.30. The maximum Gasteiger partial charge on any atom is 0.325 e. The molecule has 0 spiro atoms. The van der Waals surface area contributed by atoms with Gasteiger partial charge in [0.2, 0.25) is 0 Å². The lowest BCUT2D eigenvalue weighted by molar-refractivity contribution is -0.147. The van der Waals surface area contributed by atoms with E-state index in [-0.39, 0.29) is 31.9 Å². The van der Waals surface area contributed by atoms with Gasteiger partial charge in [0.05, 0.1) is 0 Å². The Bertz CT molecular complexity index is 818. The SMILES string of the molecule is CC1(C)NC(=O)N(CCCC(=O)OCC(=O)Nc2ccc3c(c2)CCC3)C1=O. The van der Waals surface area contributed by atoms with Crippen molar-refractivity contribution < 1.29 is 23.9 Å². The highest BCUT2D eigenvalue weighted by Gasteiger charge is 2.43. The van der Waals surface area contributed by atoms with Crippen LogP contribution in [0.1, 0.15) is 44.2 Å². The number of urea groups is 1. The molecule has 1 aliphatic heterocycles. The first-order valence-electron chi connectivity index (χ1n) is 9.47. The predicted octanol–water partition coefficient (Wildman–Crippen LogP) is 1.77. The van der Waals surface area contributed by atoms with Crippen molar-refractivity contribution in [1.29, 1.82) is 0 Å². The molecule has 1 aliphatic carbocycles. The first-order valence-corrected chi connectivity index (χ1v) is 9.47. The normalized spacial score (nSPS) is 17.3. The van der Waals surface area contributed by atoms with Gasteiger partial charge in [-0.05, 0) is 62.8 Å². The Morgan fingerprint density at radius 1 is 1.21 bits per heavy atom. The van der Waals surface area contributed by atoms with Gasteiger partial charge in [-0.15, -0.1) is 0 Å². The summed E-state index contributed by atoms with van der Waals surface area (Å²) in [6, 6.07) is 5.36. The Hall–Kier alpha value is -2.90. The Labute approximate surface area is 163 Å². The van der Waals surface area contributed by atoms with Crippen LogP contribution in [-0.2, 0) is 32.0 Å². The van der Waals surface area contributed by atoms with Crippen LogP contribution >= 0.6 is 0 Å². The molecule has 0 aromatic heterocycles. The molecular formula is C20H25N3O5. The molecule has 1 aromatic carbocycles. The molecule has 0 bridgehead atoms. The summed E-state index contributed by atoms with van der Waals surface area (Å²) in [7, 11) is 0. The standard InChI is InChI=1S/C20H25N3O5/c1-20(2)18(26)23(19(27)22-20)10-4-7-17(25)28-12-16(24)21-15-9-8-13-5-3-6-14(13)11-15/h8-9,11H,3-7,10,12H2,1-2H3,(H,21,24)(H,22,27). The number of hydrogen-bond donors (Lipinski definition) is 2. The Kier molecular flexibility index (Phi) is 5.67. The van der Waals surface area contributed by atoms with Crippen LogP contribution in [0.2, 0.25) is 0 Å². The lowest BCUT2D eigenvalue weighted by Gasteiger charge is -2.15. The summed E-state index contributed by atoms with van der Waals surface area (Å²) in [4.78, 5) is 48.7. The number of nitrogens with zero attached hydrogens (tertiary/aromatic N) is 1. The smallest absolute Gasteiger partial charge is 0.325 e. The van der Waals surface area contributed by atoms with E-state index >= 15 is 0 Å². The largest absolute Gasteiger partial charge is 0.456 e. The predicted molar refractivity (Wildman–Crippen MR) is 102 cm³/mol. The lowest BCUT2D eigenvalue weighted by Crippen LogP contribution is -2.40. The molecule has 0 unspecified atom stereocenters. The van der Waals surface area contributed by atoms with Gasteiger partial charge in [-0.2, -0.15) is 0 Å². The second-order valence-electron chi connectivity index (χ2n) is 7.66. The summed E-state index contributed by atoms with van der Waals surface area (Å²) in [5.74, 6) is -1.27. The van der Waals surface area contributed by atoms with E-state index < -0.39 is 23.4 Å². The Morgan fingerprint density at radius 3 is 2.68 bits per heavy atom. The minimum Gasteiger partial charge on any atom is -0.456 e.